The molecule has 2 aromatic rings. The molecule has 3 rings (SSSR count). The summed E-state index contributed by atoms with van der Waals surface area (Å²) in [5.41, 5.74) is 2.37. The van der Waals surface area contributed by atoms with Crippen LogP contribution in [0.1, 0.15) is 45.2 Å². The molecule has 0 amide bonds. The normalized spacial score (nSPS) is 21.7. The van der Waals surface area contributed by atoms with Crippen molar-refractivity contribution in [2.75, 3.05) is 13.2 Å². The first-order valence-electron chi connectivity index (χ1n) is 11.0. The third-order valence-electron chi connectivity index (χ3n) is 5.73. The van der Waals surface area contributed by atoms with E-state index in [1.807, 2.05) is 50.2 Å². The molecule has 0 aliphatic carbocycles. The zero-order valence-electron chi connectivity index (χ0n) is 18.8. The second kappa shape index (κ2) is 11.1. The molecule has 0 unspecified atom stereocenters. The van der Waals surface area contributed by atoms with Gasteiger partial charge in [-0.05, 0) is 31.4 Å². The van der Waals surface area contributed by atoms with Crippen molar-refractivity contribution in [1.29, 1.82) is 0 Å². The molecule has 2 aromatic carbocycles. The van der Waals surface area contributed by atoms with Crippen LogP contribution in [-0.4, -0.2) is 31.2 Å². The lowest BCUT2D eigenvalue weighted by Gasteiger charge is -2.42. The van der Waals surface area contributed by atoms with Crippen molar-refractivity contribution in [1.82, 2.24) is 0 Å². The first kappa shape index (κ1) is 23.0. The first-order valence-corrected chi connectivity index (χ1v) is 11.0. The van der Waals surface area contributed by atoms with Crippen LogP contribution >= 0.6 is 0 Å². The molecule has 0 N–H and O–H groups in total. The maximum Gasteiger partial charge on any atom is 0.163 e. The van der Waals surface area contributed by atoms with E-state index in [0.29, 0.717) is 26.4 Å². The van der Waals surface area contributed by atoms with E-state index < -0.39 is 5.79 Å². The van der Waals surface area contributed by atoms with Crippen molar-refractivity contribution in [3.63, 3.8) is 0 Å². The first-order chi connectivity index (χ1) is 14.4. The predicted molar refractivity (Wildman–Crippen MR) is 119 cm³/mol. The highest BCUT2D eigenvalue weighted by atomic mass is 16.7. The minimum Gasteiger partial charge on any atom is -0.376 e. The largest absolute Gasteiger partial charge is 0.376 e. The molecular weight excluding hydrogens is 376 g/mol. The second-order valence-corrected chi connectivity index (χ2v) is 8.79. The van der Waals surface area contributed by atoms with Crippen LogP contribution in [0.5, 0.6) is 0 Å². The summed E-state index contributed by atoms with van der Waals surface area (Å²) in [6, 6.07) is 20.6. The Bertz CT molecular complexity index is 731. The maximum absolute atomic E-state index is 6.48. The molecule has 0 bridgehead atoms. The third-order valence-corrected chi connectivity index (χ3v) is 5.73. The zero-order valence-corrected chi connectivity index (χ0v) is 18.8. The molecule has 1 heterocycles. The molecule has 1 fully saturated rings. The Balaban J connectivity index is 1.62. The van der Waals surface area contributed by atoms with Crippen LogP contribution in [0.2, 0.25) is 0 Å². The standard InChI is InChI=1S/C26H36O4/c1-20(17-27-18-22-11-7-5-8-12-22)25(28-19-23-13-9-6-10-14-23)21(2)24-15-16-29-26(3,4)30-24/h5-14,20-21,24-25H,15-19H2,1-4H3/t20-,21+,24-,25-/m1/s1. The highest BCUT2D eigenvalue weighted by Crippen LogP contribution is 2.31. The third kappa shape index (κ3) is 6.92. The van der Waals surface area contributed by atoms with Gasteiger partial charge in [0.2, 0.25) is 0 Å². The van der Waals surface area contributed by atoms with Crippen LogP contribution < -0.4 is 0 Å². The van der Waals surface area contributed by atoms with E-state index in [2.05, 4.69) is 38.1 Å². The van der Waals surface area contributed by atoms with Gasteiger partial charge in [0.15, 0.2) is 5.79 Å². The van der Waals surface area contributed by atoms with Crippen molar-refractivity contribution >= 4 is 0 Å². The molecule has 0 spiro atoms. The summed E-state index contributed by atoms with van der Waals surface area (Å²) >= 11 is 0. The molecule has 0 aromatic heterocycles. The van der Waals surface area contributed by atoms with E-state index >= 15 is 0 Å². The number of ether oxygens (including phenoxy) is 4. The van der Waals surface area contributed by atoms with E-state index in [-0.39, 0.29) is 24.0 Å². The number of hydrogen-bond donors (Lipinski definition) is 0. The minimum atomic E-state index is -0.547. The van der Waals surface area contributed by atoms with Crippen LogP contribution in [0.25, 0.3) is 0 Å². The molecule has 1 aliphatic rings. The van der Waals surface area contributed by atoms with E-state index in [1.54, 1.807) is 0 Å². The van der Waals surface area contributed by atoms with Gasteiger partial charge in [-0.3, -0.25) is 0 Å². The van der Waals surface area contributed by atoms with Crippen molar-refractivity contribution in [3.8, 4) is 0 Å². The summed E-state index contributed by atoms with van der Waals surface area (Å²) in [5.74, 6) is -0.0806. The Kier molecular flexibility index (Phi) is 8.46. The molecule has 4 atom stereocenters. The molecule has 4 nitrogen and oxygen atoms in total. The summed E-state index contributed by atoms with van der Waals surface area (Å²) in [7, 11) is 0. The van der Waals surface area contributed by atoms with Crippen molar-refractivity contribution in [2.45, 2.75) is 65.3 Å². The summed E-state index contributed by atoms with van der Waals surface area (Å²) < 4.78 is 24.5. The Labute approximate surface area is 181 Å². The average Bonchev–Trinajstić information content (AvgIpc) is 2.74. The van der Waals surface area contributed by atoms with E-state index in [9.17, 15) is 0 Å². The van der Waals surface area contributed by atoms with Gasteiger partial charge >= 0.3 is 0 Å². The molecule has 30 heavy (non-hydrogen) atoms. The maximum atomic E-state index is 6.48. The Morgan fingerprint density at radius 1 is 0.933 bits per heavy atom. The quantitative estimate of drug-likeness (QED) is 0.509. The number of hydrogen-bond acceptors (Lipinski definition) is 4. The fraction of sp³-hybridized carbons (Fsp3) is 0.538. The summed E-state index contributed by atoms with van der Waals surface area (Å²) in [6.45, 7) is 11.0. The van der Waals surface area contributed by atoms with Crippen LogP contribution in [0.4, 0.5) is 0 Å². The topological polar surface area (TPSA) is 36.9 Å². The summed E-state index contributed by atoms with van der Waals surface area (Å²) in [4.78, 5) is 0. The lowest BCUT2D eigenvalue weighted by atomic mass is 9.87. The SMILES string of the molecule is C[C@H]([C@H](OCc1ccccc1)[C@H](C)COCc1ccccc1)[C@H]1CCOC(C)(C)O1. The van der Waals surface area contributed by atoms with Gasteiger partial charge in [-0.25, -0.2) is 0 Å². The van der Waals surface area contributed by atoms with Gasteiger partial charge in [0.25, 0.3) is 0 Å². The summed E-state index contributed by atoms with van der Waals surface area (Å²) in [6.07, 6.45) is 1.01. The molecule has 4 heteroatoms. The van der Waals surface area contributed by atoms with Crippen LogP contribution in [0, 0.1) is 11.8 Å². The predicted octanol–water partition coefficient (Wildman–Crippen LogP) is 5.60. The lowest BCUT2D eigenvalue weighted by molar-refractivity contribution is -0.289. The monoisotopic (exact) mass is 412 g/mol. The molecule has 1 aliphatic heterocycles. The fourth-order valence-corrected chi connectivity index (χ4v) is 4.09. The molecule has 164 valence electrons. The Morgan fingerprint density at radius 3 is 2.13 bits per heavy atom. The molecular formula is C26H36O4. The van der Waals surface area contributed by atoms with Gasteiger partial charge in [0.05, 0.1) is 38.6 Å². The van der Waals surface area contributed by atoms with E-state index in [4.69, 9.17) is 18.9 Å². The lowest BCUT2D eigenvalue weighted by Crippen LogP contribution is -2.47. The highest BCUT2D eigenvalue weighted by Gasteiger charge is 2.37. The van der Waals surface area contributed by atoms with E-state index in [0.717, 1.165) is 6.42 Å². The van der Waals surface area contributed by atoms with Crippen molar-refractivity contribution in [2.24, 2.45) is 11.8 Å². The Morgan fingerprint density at radius 2 is 1.53 bits per heavy atom. The number of rotatable bonds is 10. The van der Waals surface area contributed by atoms with Crippen molar-refractivity contribution < 1.29 is 18.9 Å². The van der Waals surface area contributed by atoms with Gasteiger partial charge in [-0.2, -0.15) is 0 Å². The smallest absolute Gasteiger partial charge is 0.163 e. The van der Waals surface area contributed by atoms with Gasteiger partial charge < -0.3 is 18.9 Å². The number of benzene rings is 2. The van der Waals surface area contributed by atoms with Crippen LogP contribution in [0.3, 0.4) is 0 Å². The molecule has 1 saturated heterocycles. The Hall–Kier alpha value is -1.72. The van der Waals surface area contributed by atoms with Gasteiger partial charge in [-0.1, -0.05) is 74.5 Å². The van der Waals surface area contributed by atoms with Gasteiger partial charge in [-0.15, -0.1) is 0 Å². The average molecular weight is 413 g/mol. The fourth-order valence-electron chi connectivity index (χ4n) is 4.09. The van der Waals surface area contributed by atoms with Crippen LogP contribution in [-0.2, 0) is 32.2 Å². The highest BCUT2D eigenvalue weighted by molar-refractivity contribution is 5.14. The molecule has 0 radical (unpaired) electrons. The summed E-state index contributed by atoms with van der Waals surface area (Å²) in [5, 5.41) is 0. The van der Waals surface area contributed by atoms with Crippen molar-refractivity contribution in [3.05, 3.63) is 71.8 Å². The van der Waals surface area contributed by atoms with E-state index in [1.165, 1.54) is 11.1 Å². The zero-order chi connectivity index (χ0) is 21.4. The van der Waals surface area contributed by atoms with Crippen LogP contribution in [0.15, 0.2) is 60.7 Å². The molecule has 0 saturated carbocycles. The second-order valence-electron chi connectivity index (χ2n) is 8.79. The van der Waals surface area contributed by atoms with Gasteiger partial charge in [0, 0.05) is 11.8 Å². The van der Waals surface area contributed by atoms with Gasteiger partial charge in [0.1, 0.15) is 0 Å². The minimum absolute atomic E-state index is 0.0277.